The summed E-state index contributed by atoms with van der Waals surface area (Å²) < 4.78 is 94.2. The molecule has 14 heteroatoms. The Labute approximate surface area is 237 Å². The van der Waals surface area contributed by atoms with E-state index in [9.17, 15) is 35.6 Å². The Hall–Kier alpha value is -2.87. The molecule has 1 heterocycles. The summed E-state index contributed by atoms with van der Waals surface area (Å²) in [6.45, 7) is 5.21. The number of hydrogen-bond acceptors (Lipinski definition) is 7. The van der Waals surface area contributed by atoms with Crippen LogP contribution in [0.15, 0.2) is 41.1 Å². The van der Waals surface area contributed by atoms with Crippen LogP contribution < -0.4 is 10.1 Å². The predicted molar refractivity (Wildman–Crippen MR) is 140 cm³/mol. The zero-order chi connectivity index (χ0) is 30.5. The molecule has 1 aliphatic carbocycles. The third-order valence-electron chi connectivity index (χ3n) is 6.82. The maximum absolute atomic E-state index is 13.2. The number of sulfone groups is 1. The number of amides is 2. The average molecular weight is 609 g/mol. The summed E-state index contributed by atoms with van der Waals surface area (Å²) in [5.41, 5.74) is -2.80. The van der Waals surface area contributed by atoms with Crippen molar-refractivity contribution in [3.8, 4) is 5.75 Å². The zero-order valence-electron chi connectivity index (χ0n) is 23.3. The van der Waals surface area contributed by atoms with Gasteiger partial charge in [0.2, 0.25) is 15.7 Å². The molecule has 9 nitrogen and oxygen atoms in total. The van der Waals surface area contributed by atoms with E-state index in [0.717, 1.165) is 0 Å². The number of nitrogens with one attached hydrogen (secondary N) is 1. The van der Waals surface area contributed by atoms with E-state index < -0.39 is 45.0 Å². The third-order valence-corrected chi connectivity index (χ3v) is 8.28. The molecule has 2 aliphatic rings. The van der Waals surface area contributed by atoms with E-state index in [-0.39, 0.29) is 67.8 Å². The molecular weight excluding hydrogens is 572 g/mol. The average Bonchev–Trinajstić information content (AvgIpc) is 3.71. The van der Waals surface area contributed by atoms with Crippen molar-refractivity contribution >= 4 is 21.8 Å². The molecule has 1 saturated carbocycles. The highest BCUT2D eigenvalue weighted by atomic mass is 32.2. The molecule has 1 saturated heterocycles. The summed E-state index contributed by atoms with van der Waals surface area (Å²) in [5, 5.41) is 2.42. The maximum atomic E-state index is 13.2. The van der Waals surface area contributed by atoms with Gasteiger partial charge in [0.05, 0.1) is 17.8 Å². The number of ether oxygens (including phenoxy) is 3. The minimum Gasteiger partial charge on any atom is -0.489 e. The predicted octanol–water partition coefficient (Wildman–Crippen LogP) is 4.77. The molecule has 1 aromatic carbocycles. The van der Waals surface area contributed by atoms with Gasteiger partial charge in [0.1, 0.15) is 23.4 Å². The normalized spacial score (nSPS) is 18.1. The molecule has 230 valence electrons. The minimum atomic E-state index is -4.54. The van der Waals surface area contributed by atoms with Gasteiger partial charge in [-0.05, 0) is 76.6 Å². The van der Waals surface area contributed by atoms with Gasteiger partial charge in [-0.25, -0.2) is 17.6 Å². The van der Waals surface area contributed by atoms with Crippen LogP contribution in [0.5, 0.6) is 5.75 Å². The monoisotopic (exact) mass is 608 g/mol. The lowest BCUT2D eigenvalue weighted by atomic mass is 9.95. The third kappa shape index (κ3) is 9.06. The number of alkyl halides is 3. The smallest absolute Gasteiger partial charge is 0.407 e. The summed E-state index contributed by atoms with van der Waals surface area (Å²) in [4.78, 5) is 25.3. The first-order valence-corrected chi connectivity index (χ1v) is 14.9. The van der Waals surface area contributed by atoms with Crippen molar-refractivity contribution in [3.05, 3.63) is 36.2 Å². The highest BCUT2D eigenvalue weighted by Gasteiger charge is 2.69. The molecule has 0 spiro atoms. The topological polar surface area (TPSA) is 111 Å². The second kappa shape index (κ2) is 13.0. The van der Waals surface area contributed by atoms with Crippen molar-refractivity contribution in [3.63, 3.8) is 0 Å². The number of likely N-dealkylation sites (tertiary alicyclic amines) is 1. The highest BCUT2D eigenvalue weighted by molar-refractivity contribution is 7.91. The van der Waals surface area contributed by atoms with Crippen LogP contribution in [-0.2, 0) is 24.1 Å². The second-order valence-corrected chi connectivity index (χ2v) is 13.2. The molecule has 0 unspecified atom stereocenters. The Morgan fingerprint density at radius 2 is 1.71 bits per heavy atom. The lowest BCUT2D eigenvalue weighted by molar-refractivity contribution is -0.199. The van der Waals surface area contributed by atoms with E-state index in [1.54, 1.807) is 20.8 Å². The zero-order valence-corrected chi connectivity index (χ0v) is 24.1. The first-order chi connectivity index (χ1) is 19.1. The SMILES string of the molecule is CC(C)(C)OC(=O)NC/C(=C\F)COc1ccc(S(=O)(=O)COCC2CCN(C(=O)C3(C(F)(F)F)CC3)CC2)cc1. The van der Waals surface area contributed by atoms with Gasteiger partial charge < -0.3 is 24.4 Å². The molecule has 1 aliphatic heterocycles. The summed E-state index contributed by atoms with van der Waals surface area (Å²) >= 11 is 0. The molecule has 0 aromatic heterocycles. The van der Waals surface area contributed by atoms with Crippen molar-refractivity contribution in [2.24, 2.45) is 11.3 Å². The number of piperidine rings is 1. The maximum Gasteiger partial charge on any atom is 0.407 e. The van der Waals surface area contributed by atoms with Gasteiger partial charge >= 0.3 is 12.3 Å². The van der Waals surface area contributed by atoms with Crippen molar-refractivity contribution in [2.75, 3.05) is 38.8 Å². The molecule has 1 N–H and O–H groups in total. The van der Waals surface area contributed by atoms with E-state index in [4.69, 9.17) is 14.2 Å². The van der Waals surface area contributed by atoms with Crippen LogP contribution in [0.4, 0.5) is 22.4 Å². The quantitative estimate of drug-likeness (QED) is 0.360. The van der Waals surface area contributed by atoms with E-state index in [2.05, 4.69) is 5.32 Å². The molecule has 0 radical (unpaired) electrons. The van der Waals surface area contributed by atoms with Crippen LogP contribution in [0.25, 0.3) is 0 Å². The van der Waals surface area contributed by atoms with Crippen LogP contribution >= 0.6 is 0 Å². The minimum absolute atomic E-state index is 0.0139. The number of halogens is 4. The number of carbonyl (C=O) groups excluding carboxylic acids is 2. The van der Waals surface area contributed by atoms with Gasteiger partial charge in [-0.1, -0.05) is 0 Å². The molecule has 0 bridgehead atoms. The van der Waals surface area contributed by atoms with Crippen LogP contribution in [0, 0.1) is 11.3 Å². The Morgan fingerprint density at radius 3 is 2.22 bits per heavy atom. The number of rotatable bonds is 11. The number of benzene rings is 1. The van der Waals surface area contributed by atoms with E-state index in [0.29, 0.717) is 19.2 Å². The lowest BCUT2D eigenvalue weighted by Gasteiger charge is -2.34. The van der Waals surface area contributed by atoms with Crippen molar-refractivity contribution in [1.82, 2.24) is 10.2 Å². The molecule has 2 fully saturated rings. The summed E-state index contributed by atoms with van der Waals surface area (Å²) in [6.07, 6.45) is -4.44. The summed E-state index contributed by atoms with van der Waals surface area (Å²) in [6, 6.07) is 5.46. The standard InChI is InChI=1S/C27H36F4N2O7S/c1-25(2,3)40-24(35)32-15-20(14-28)17-39-21-4-6-22(7-5-21)41(36,37)18-38-16-19-8-12-33(13-9-19)23(34)26(10-11-26)27(29,30)31/h4-7,14,19H,8-13,15-18H2,1-3H3,(H,32,35)/b20-14+. The molecule has 3 rings (SSSR count). The lowest BCUT2D eigenvalue weighted by Crippen LogP contribution is -2.47. The first kappa shape index (κ1) is 32.6. The Bertz CT molecular complexity index is 1200. The van der Waals surface area contributed by atoms with Gasteiger partial charge in [0.25, 0.3) is 0 Å². The fourth-order valence-electron chi connectivity index (χ4n) is 4.28. The van der Waals surface area contributed by atoms with Crippen LogP contribution in [-0.4, -0.2) is 75.9 Å². The Morgan fingerprint density at radius 1 is 1.10 bits per heavy atom. The molecule has 2 amide bonds. The van der Waals surface area contributed by atoms with Crippen LogP contribution in [0.2, 0.25) is 0 Å². The summed E-state index contributed by atoms with van der Waals surface area (Å²) in [5.74, 6) is -1.25. The van der Waals surface area contributed by atoms with Crippen LogP contribution in [0.3, 0.4) is 0 Å². The van der Waals surface area contributed by atoms with Gasteiger partial charge in [0, 0.05) is 25.2 Å². The Kier molecular flexibility index (Phi) is 10.3. The van der Waals surface area contributed by atoms with Crippen molar-refractivity contribution in [1.29, 1.82) is 0 Å². The fourth-order valence-corrected chi connectivity index (χ4v) is 5.28. The number of carbonyl (C=O) groups is 2. The number of hydrogen-bond donors (Lipinski definition) is 1. The van der Waals surface area contributed by atoms with E-state index >= 15 is 0 Å². The van der Waals surface area contributed by atoms with Gasteiger partial charge in [-0.2, -0.15) is 13.2 Å². The second-order valence-electron chi connectivity index (χ2n) is 11.3. The number of nitrogens with zero attached hydrogens (tertiary/aromatic N) is 1. The molecule has 41 heavy (non-hydrogen) atoms. The van der Waals surface area contributed by atoms with Crippen molar-refractivity contribution < 1.29 is 49.8 Å². The van der Waals surface area contributed by atoms with Gasteiger partial charge in [-0.3, -0.25) is 4.79 Å². The highest BCUT2D eigenvalue weighted by Crippen LogP contribution is 2.58. The summed E-state index contributed by atoms with van der Waals surface area (Å²) in [7, 11) is -3.80. The molecular formula is C27H36F4N2O7S. The van der Waals surface area contributed by atoms with E-state index in [1.165, 1.54) is 29.2 Å². The van der Waals surface area contributed by atoms with E-state index in [1.807, 2.05) is 0 Å². The van der Waals surface area contributed by atoms with Gasteiger partial charge in [-0.15, -0.1) is 0 Å². The van der Waals surface area contributed by atoms with Crippen molar-refractivity contribution in [2.45, 2.75) is 63.1 Å². The van der Waals surface area contributed by atoms with Crippen LogP contribution in [0.1, 0.15) is 46.5 Å². The first-order valence-electron chi connectivity index (χ1n) is 13.2. The fraction of sp³-hybridized carbons (Fsp3) is 0.630. The number of alkyl carbamates (subject to hydrolysis) is 1. The molecule has 0 atom stereocenters. The molecule has 1 aromatic rings. The van der Waals surface area contributed by atoms with Gasteiger partial charge in [0.15, 0.2) is 5.94 Å². The largest absolute Gasteiger partial charge is 0.489 e. The Balaban J connectivity index is 1.39.